The standard InChI is InChI=1S/C63H115N2O6P/c1-6-8-10-12-14-16-18-19-20-21-22-23-24-25-26-27-28-29-30-31-32-33-34-35-36-37-38-39-40-41-42-43-44-45-47-49-51-53-55-57-63(67)64-61(60-71-72(68,69)70-59-58-65(3,4)5)62(66)56-54-52-50-48-46-17-15-13-11-9-7-2/h8,10,14,16,19-20,22-23,25-26,28-29,31-32,61-62,66H,6-7,9,11-13,15,17-18,21,24,27,30,33-60H2,1-5H3,(H-,64,67,68,69)/p+1/b10-8-,16-14-,20-19-,23-22-,26-25-,29-28-,32-31-. The monoisotopic (exact) mass is 1030 g/mol. The van der Waals surface area contributed by atoms with E-state index in [2.05, 4.69) is 104 Å². The summed E-state index contributed by atoms with van der Waals surface area (Å²) in [5, 5.41) is 14.0. The van der Waals surface area contributed by atoms with E-state index < -0.39 is 20.0 Å². The molecule has 0 saturated carbocycles. The average Bonchev–Trinajstić information content (AvgIpc) is 3.34. The van der Waals surface area contributed by atoms with Crippen LogP contribution >= 0.6 is 7.82 Å². The van der Waals surface area contributed by atoms with Crippen LogP contribution in [-0.2, 0) is 18.4 Å². The molecule has 3 unspecified atom stereocenters. The van der Waals surface area contributed by atoms with Gasteiger partial charge in [0, 0.05) is 6.42 Å². The van der Waals surface area contributed by atoms with E-state index in [1.165, 1.54) is 148 Å². The minimum Gasteiger partial charge on any atom is -0.391 e. The number of unbranched alkanes of at least 4 members (excludes halogenated alkanes) is 27. The number of nitrogens with one attached hydrogen (secondary N) is 1. The summed E-state index contributed by atoms with van der Waals surface area (Å²) in [5.74, 6) is -0.146. The Hall–Kier alpha value is -2.32. The largest absolute Gasteiger partial charge is 0.472 e. The zero-order valence-electron chi connectivity index (χ0n) is 47.7. The molecule has 0 heterocycles. The smallest absolute Gasteiger partial charge is 0.391 e. The third-order valence-electron chi connectivity index (χ3n) is 13.2. The summed E-state index contributed by atoms with van der Waals surface area (Å²) in [6.45, 7) is 4.77. The van der Waals surface area contributed by atoms with Crippen LogP contribution in [0, 0.1) is 0 Å². The van der Waals surface area contributed by atoms with Crippen molar-refractivity contribution in [3.05, 3.63) is 85.1 Å². The Morgan fingerprint density at radius 3 is 1.22 bits per heavy atom. The van der Waals surface area contributed by atoms with Gasteiger partial charge < -0.3 is 19.8 Å². The van der Waals surface area contributed by atoms with Gasteiger partial charge in [-0.2, -0.15) is 0 Å². The summed E-state index contributed by atoms with van der Waals surface area (Å²) in [6.07, 6.45) is 75.2. The topological polar surface area (TPSA) is 105 Å². The number of likely N-dealkylation sites (N-methyl/N-ethyl adjacent to an activating group) is 1. The maximum Gasteiger partial charge on any atom is 0.472 e. The van der Waals surface area contributed by atoms with E-state index in [0.29, 0.717) is 23.9 Å². The highest BCUT2D eigenvalue weighted by atomic mass is 31.2. The van der Waals surface area contributed by atoms with Crippen LogP contribution < -0.4 is 5.32 Å². The zero-order valence-corrected chi connectivity index (χ0v) is 48.5. The van der Waals surface area contributed by atoms with Crippen LogP contribution in [0.3, 0.4) is 0 Å². The Morgan fingerprint density at radius 1 is 0.486 bits per heavy atom. The molecule has 0 aliphatic rings. The molecule has 0 bridgehead atoms. The van der Waals surface area contributed by atoms with Crippen molar-refractivity contribution in [3.8, 4) is 0 Å². The van der Waals surface area contributed by atoms with Crippen LogP contribution in [0.2, 0.25) is 0 Å². The fraction of sp³-hybridized carbons (Fsp3) is 0.762. The minimum atomic E-state index is -4.32. The van der Waals surface area contributed by atoms with E-state index in [1.54, 1.807) is 0 Å². The molecule has 9 heteroatoms. The van der Waals surface area contributed by atoms with Gasteiger partial charge in [0.2, 0.25) is 5.91 Å². The van der Waals surface area contributed by atoms with Crippen molar-refractivity contribution >= 4 is 13.7 Å². The van der Waals surface area contributed by atoms with Gasteiger partial charge in [-0.3, -0.25) is 13.8 Å². The second-order valence-electron chi connectivity index (χ2n) is 21.3. The van der Waals surface area contributed by atoms with Crippen LogP contribution in [-0.4, -0.2) is 73.4 Å². The molecule has 0 saturated heterocycles. The van der Waals surface area contributed by atoms with E-state index in [4.69, 9.17) is 9.05 Å². The number of rotatable bonds is 54. The van der Waals surface area contributed by atoms with Gasteiger partial charge in [0.15, 0.2) is 0 Å². The van der Waals surface area contributed by atoms with Crippen molar-refractivity contribution in [2.24, 2.45) is 0 Å². The summed E-state index contributed by atoms with van der Waals surface area (Å²) in [4.78, 5) is 23.3. The normalized spacial score (nSPS) is 14.5. The third kappa shape index (κ3) is 55.4. The van der Waals surface area contributed by atoms with Crippen LogP contribution in [0.1, 0.15) is 258 Å². The van der Waals surface area contributed by atoms with Crippen LogP contribution in [0.25, 0.3) is 0 Å². The molecule has 72 heavy (non-hydrogen) atoms. The lowest BCUT2D eigenvalue weighted by Crippen LogP contribution is -2.46. The molecule has 0 aromatic heterocycles. The van der Waals surface area contributed by atoms with E-state index >= 15 is 0 Å². The number of amides is 1. The quantitative estimate of drug-likeness (QED) is 0.0243. The number of aliphatic hydroxyl groups excluding tert-OH is 1. The number of aliphatic hydroxyl groups is 1. The molecule has 0 aromatic rings. The number of nitrogens with zero attached hydrogens (tertiary/aromatic N) is 1. The van der Waals surface area contributed by atoms with Gasteiger partial charge in [-0.05, 0) is 70.6 Å². The number of carbonyl (C=O) groups is 1. The molecule has 1 amide bonds. The molecule has 0 fully saturated rings. The Morgan fingerprint density at radius 2 is 0.833 bits per heavy atom. The van der Waals surface area contributed by atoms with Crippen LogP contribution in [0.15, 0.2) is 85.1 Å². The molecule has 0 spiro atoms. The summed E-state index contributed by atoms with van der Waals surface area (Å²) in [6, 6.07) is -0.761. The SMILES string of the molecule is CC/C=C\C/C=C\C/C=C\C/C=C\C/C=C\C/C=C\C/C=C\CCCCCCCCCCCCCCCCCCCC(=O)NC(COP(=O)(O)OCC[N+](C)(C)C)C(O)CCCCCCCCCCCCC. The molecular formula is C63H116N2O6P+. The average molecular weight is 1030 g/mol. The van der Waals surface area contributed by atoms with E-state index in [1.807, 2.05) is 21.1 Å². The highest BCUT2D eigenvalue weighted by Crippen LogP contribution is 2.43. The highest BCUT2D eigenvalue weighted by Gasteiger charge is 2.28. The van der Waals surface area contributed by atoms with Crippen LogP contribution in [0.5, 0.6) is 0 Å². The Kier molecular flexibility index (Phi) is 51.8. The van der Waals surface area contributed by atoms with Crippen molar-refractivity contribution in [1.82, 2.24) is 5.32 Å². The Balaban J connectivity index is 3.92. The van der Waals surface area contributed by atoms with Gasteiger partial charge in [0.05, 0.1) is 39.9 Å². The lowest BCUT2D eigenvalue weighted by atomic mass is 10.0. The Labute approximate surface area is 446 Å². The third-order valence-corrected chi connectivity index (χ3v) is 14.1. The van der Waals surface area contributed by atoms with Gasteiger partial charge in [0.1, 0.15) is 13.2 Å². The summed E-state index contributed by atoms with van der Waals surface area (Å²) in [5.41, 5.74) is 0. The fourth-order valence-electron chi connectivity index (χ4n) is 8.50. The van der Waals surface area contributed by atoms with Gasteiger partial charge in [0.25, 0.3) is 0 Å². The van der Waals surface area contributed by atoms with Crippen LogP contribution in [0.4, 0.5) is 0 Å². The Bertz CT molecular complexity index is 1450. The first-order valence-electron chi connectivity index (χ1n) is 30.0. The number of phosphoric acid groups is 1. The van der Waals surface area contributed by atoms with Crippen molar-refractivity contribution in [2.75, 3.05) is 40.9 Å². The number of carbonyl (C=O) groups excluding carboxylic acids is 1. The molecule has 0 aliphatic heterocycles. The van der Waals surface area contributed by atoms with Gasteiger partial charge in [-0.15, -0.1) is 0 Å². The van der Waals surface area contributed by atoms with E-state index in [9.17, 15) is 19.4 Å². The molecule has 0 rings (SSSR count). The lowest BCUT2D eigenvalue weighted by Gasteiger charge is -2.26. The predicted octanol–water partition coefficient (Wildman–Crippen LogP) is 18.4. The first-order chi connectivity index (χ1) is 35.0. The van der Waals surface area contributed by atoms with Crippen molar-refractivity contribution in [3.63, 3.8) is 0 Å². The molecule has 0 aliphatic carbocycles. The summed E-state index contributed by atoms with van der Waals surface area (Å²) < 4.78 is 23.7. The van der Waals surface area contributed by atoms with Gasteiger partial charge >= 0.3 is 7.82 Å². The van der Waals surface area contributed by atoms with Gasteiger partial charge in [-0.1, -0.05) is 266 Å². The van der Waals surface area contributed by atoms with E-state index in [-0.39, 0.29) is 19.1 Å². The minimum absolute atomic E-state index is 0.0734. The molecule has 0 aromatic carbocycles. The highest BCUT2D eigenvalue weighted by molar-refractivity contribution is 7.47. The first kappa shape index (κ1) is 69.7. The van der Waals surface area contributed by atoms with Crippen molar-refractivity contribution in [2.45, 2.75) is 270 Å². The zero-order chi connectivity index (χ0) is 52.7. The molecule has 418 valence electrons. The number of allylic oxidation sites excluding steroid dienone is 14. The molecule has 8 nitrogen and oxygen atoms in total. The number of hydrogen-bond acceptors (Lipinski definition) is 5. The number of phosphoric ester groups is 1. The van der Waals surface area contributed by atoms with Gasteiger partial charge in [-0.25, -0.2) is 4.57 Å². The maximum absolute atomic E-state index is 13.0. The molecule has 0 radical (unpaired) electrons. The molecular weight excluding hydrogens is 912 g/mol. The molecule has 3 N–H and O–H groups in total. The second kappa shape index (κ2) is 53.5. The predicted molar refractivity (Wildman–Crippen MR) is 313 cm³/mol. The lowest BCUT2D eigenvalue weighted by molar-refractivity contribution is -0.870. The summed E-state index contributed by atoms with van der Waals surface area (Å²) >= 11 is 0. The first-order valence-corrected chi connectivity index (χ1v) is 31.4. The molecule has 3 atom stereocenters. The summed E-state index contributed by atoms with van der Waals surface area (Å²) in [7, 11) is 1.62. The second-order valence-corrected chi connectivity index (χ2v) is 22.8. The van der Waals surface area contributed by atoms with Crippen molar-refractivity contribution < 1.29 is 32.9 Å². The van der Waals surface area contributed by atoms with E-state index in [0.717, 1.165) is 83.5 Å². The fourth-order valence-corrected chi connectivity index (χ4v) is 9.23. The number of quaternary nitrogens is 1. The maximum atomic E-state index is 13.0. The number of hydrogen-bond donors (Lipinski definition) is 3. The van der Waals surface area contributed by atoms with Crippen molar-refractivity contribution in [1.29, 1.82) is 0 Å².